The Hall–Kier alpha value is -3.65. The summed E-state index contributed by atoms with van der Waals surface area (Å²) < 4.78 is 11.4. The van der Waals surface area contributed by atoms with Gasteiger partial charge in [-0.25, -0.2) is 10.2 Å². The number of hydrogen-bond donors (Lipinski definition) is 2. The molecule has 0 fully saturated rings. The van der Waals surface area contributed by atoms with Gasteiger partial charge >= 0.3 is 5.97 Å². The molecule has 32 heavy (non-hydrogen) atoms. The molecule has 3 aromatic carbocycles. The molecular formula is C24H22BrN3O4. The van der Waals surface area contributed by atoms with Crippen molar-refractivity contribution in [2.75, 3.05) is 19.0 Å². The first-order valence-corrected chi connectivity index (χ1v) is 10.5. The highest BCUT2D eigenvalue weighted by Gasteiger charge is 2.15. The molecule has 0 aliphatic heterocycles. The first-order valence-electron chi connectivity index (χ1n) is 9.73. The minimum absolute atomic E-state index is 0.0909. The van der Waals surface area contributed by atoms with Crippen LogP contribution in [0.15, 0.2) is 76.3 Å². The Morgan fingerprint density at radius 3 is 2.50 bits per heavy atom. The first kappa shape index (κ1) is 23.0. The number of aryl methyl sites for hydroxylation is 1. The maximum absolute atomic E-state index is 12.4. The Labute approximate surface area is 194 Å². The molecule has 8 heteroatoms. The van der Waals surface area contributed by atoms with Crippen LogP contribution in [0.4, 0.5) is 5.69 Å². The van der Waals surface area contributed by atoms with Gasteiger partial charge in [-0.15, -0.1) is 0 Å². The maximum atomic E-state index is 12.4. The zero-order valence-corrected chi connectivity index (χ0v) is 19.2. The number of carbonyl (C=O) groups is 2. The van der Waals surface area contributed by atoms with Gasteiger partial charge in [0.2, 0.25) is 0 Å². The molecule has 0 spiro atoms. The van der Waals surface area contributed by atoms with Gasteiger partial charge in [0.25, 0.3) is 5.91 Å². The number of ether oxygens (including phenoxy) is 2. The Kier molecular flexibility index (Phi) is 7.99. The van der Waals surface area contributed by atoms with E-state index in [2.05, 4.69) is 31.8 Å². The van der Waals surface area contributed by atoms with Crippen molar-refractivity contribution in [3.05, 3.63) is 87.9 Å². The molecule has 2 N–H and O–H groups in total. The van der Waals surface area contributed by atoms with Crippen LogP contribution >= 0.6 is 15.9 Å². The van der Waals surface area contributed by atoms with Gasteiger partial charge in [0.05, 0.1) is 25.4 Å². The normalized spacial score (nSPS) is 10.6. The highest BCUT2D eigenvalue weighted by molar-refractivity contribution is 9.10. The van der Waals surface area contributed by atoms with Crippen molar-refractivity contribution in [2.24, 2.45) is 5.10 Å². The Balaban J connectivity index is 1.57. The molecule has 0 heterocycles. The Morgan fingerprint density at radius 1 is 1.03 bits per heavy atom. The molecule has 0 unspecified atom stereocenters. The monoisotopic (exact) mass is 495 g/mol. The number of halogens is 1. The second-order valence-electron chi connectivity index (χ2n) is 6.79. The molecular weight excluding hydrogens is 474 g/mol. The summed E-state index contributed by atoms with van der Waals surface area (Å²) in [7, 11) is 1.48. The molecule has 0 saturated heterocycles. The van der Waals surface area contributed by atoms with Gasteiger partial charge in [-0.05, 0) is 70.9 Å². The van der Waals surface area contributed by atoms with E-state index >= 15 is 0 Å². The summed E-state index contributed by atoms with van der Waals surface area (Å²) in [6, 6.07) is 19.7. The van der Waals surface area contributed by atoms with Crippen LogP contribution in [0.1, 0.15) is 21.5 Å². The van der Waals surface area contributed by atoms with E-state index in [0.717, 1.165) is 11.3 Å². The molecule has 3 rings (SSSR count). The van der Waals surface area contributed by atoms with Crippen LogP contribution in [0.25, 0.3) is 0 Å². The molecule has 0 aromatic heterocycles. The number of nitrogens with one attached hydrogen (secondary N) is 2. The summed E-state index contributed by atoms with van der Waals surface area (Å²) in [5, 5.41) is 6.98. The lowest BCUT2D eigenvalue weighted by atomic mass is 10.2. The van der Waals surface area contributed by atoms with Gasteiger partial charge < -0.3 is 14.8 Å². The second-order valence-corrected chi connectivity index (χ2v) is 7.65. The van der Waals surface area contributed by atoms with E-state index < -0.39 is 5.97 Å². The average molecular weight is 496 g/mol. The largest absolute Gasteiger partial charge is 0.493 e. The predicted octanol–water partition coefficient (Wildman–Crippen LogP) is 4.55. The lowest BCUT2D eigenvalue weighted by Gasteiger charge is -2.10. The molecule has 164 valence electrons. The molecule has 0 aliphatic carbocycles. The molecule has 0 atom stereocenters. The highest BCUT2D eigenvalue weighted by Crippen LogP contribution is 2.29. The predicted molar refractivity (Wildman–Crippen MR) is 127 cm³/mol. The van der Waals surface area contributed by atoms with E-state index in [4.69, 9.17) is 9.47 Å². The van der Waals surface area contributed by atoms with Gasteiger partial charge in [0.15, 0.2) is 11.5 Å². The van der Waals surface area contributed by atoms with Crippen molar-refractivity contribution in [2.45, 2.75) is 6.92 Å². The Morgan fingerprint density at radius 2 is 1.78 bits per heavy atom. The number of carbonyl (C=O) groups excluding carboxylic acids is 2. The SMILES string of the molecule is COc1cc(C=NNC(=O)CNc2ccc(C)cc2)ccc1OC(=O)c1ccccc1Br. The van der Waals surface area contributed by atoms with Crippen LogP contribution in [0.2, 0.25) is 0 Å². The summed E-state index contributed by atoms with van der Waals surface area (Å²) >= 11 is 3.34. The van der Waals surface area contributed by atoms with Gasteiger partial charge in [-0.3, -0.25) is 4.79 Å². The molecule has 1 amide bonds. The summed E-state index contributed by atoms with van der Waals surface area (Å²) in [6.07, 6.45) is 1.48. The van der Waals surface area contributed by atoms with Gasteiger partial charge in [0, 0.05) is 10.2 Å². The first-order chi connectivity index (χ1) is 15.5. The van der Waals surface area contributed by atoms with Crippen LogP contribution in [0, 0.1) is 6.92 Å². The third-order valence-electron chi connectivity index (χ3n) is 4.39. The molecule has 0 aliphatic rings. The summed E-state index contributed by atoms with van der Waals surface area (Å²) in [5.41, 5.74) is 5.53. The van der Waals surface area contributed by atoms with Crippen LogP contribution in [-0.2, 0) is 4.79 Å². The maximum Gasteiger partial charge on any atom is 0.344 e. The number of benzene rings is 3. The molecule has 3 aromatic rings. The summed E-state index contributed by atoms with van der Waals surface area (Å²) in [4.78, 5) is 24.4. The van der Waals surface area contributed by atoms with Crippen molar-refractivity contribution in [1.29, 1.82) is 0 Å². The highest BCUT2D eigenvalue weighted by atomic mass is 79.9. The molecule has 0 saturated carbocycles. The lowest BCUT2D eigenvalue weighted by molar-refractivity contribution is -0.119. The fourth-order valence-corrected chi connectivity index (χ4v) is 3.15. The Bertz CT molecular complexity index is 1130. The molecule has 0 radical (unpaired) electrons. The third-order valence-corrected chi connectivity index (χ3v) is 5.08. The smallest absolute Gasteiger partial charge is 0.344 e. The van der Waals surface area contributed by atoms with E-state index in [1.54, 1.807) is 36.4 Å². The van der Waals surface area contributed by atoms with Gasteiger partial charge in [-0.2, -0.15) is 5.10 Å². The van der Waals surface area contributed by atoms with Crippen LogP contribution < -0.4 is 20.2 Å². The van der Waals surface area contributed by atoms with Crippen molar-refractivity contribution >= 4 is 39.7 Å². The zero-order chi connectivity index (χ0) is 22.9. The average Bonchev–Trinajstić information content (AvgIpc) is 2.79. The third kappa shape index (κ3) is 6.42. The number of hydrazone groups is 1. The zero-order valence-electron chi connectivity index (χ0n) is 17.6. The number of hydrogen-bond acceptors (Lipinski definition) is 6. The van der Waals surface area contributed by atoms with Crippen molar-refractivity contribution < 1.29 is 19.1 Å². The fraction of sp³-hybridized carbons (Fsp3) is 0.125. The topological polar surface area (TPSA) is 89.0 Å². The number of methoxy groups -OCH3 is 1. The second kappa shape index (κ2) is 11.1. The van der Waals surface area contributed by atoms with Gasteiger partial charge in [-0.1, -0.05) is 29.8 Å². The quantitative estimate of drug-likeness (QED) is 0.207. The van der Waals surface area contributed by atoms with Crippen molar-refractivity contribution in [3.8, 4) is 11.5 Å². The fourth-order valence-electron chi connectivity index (χ4n) is 2.70. The van der Waals surface area contributed by atoms with E-state index in [9.17, 15) is 9.59 Å². The number of nitrogens with zero attached hydrogens (tertiary/aromatic N) is 1. The standard InChI is InChI=1S/C24H22BrN3O4/c1-16-7-10-18(11-8-16)26-15-23(29)28-27-14-17-9-12-21(22(13-17)31-2)32-24(30)19-5-3-4-6-20(19)25/h3-14,26H,15H2,1-2H3,(H,28,29). The van der Waals surface area contributed by atoms with Crippen LogP contribution in [0.5, 0.6) is 11.5 Å². The molecule has 7 nitrogen and oxygen atoms in total. The summed E-state index contributed by atoms with van der Waals surface area (Å²) in [6.45, 7) is 2.09. The number of rotatable bonds is 8. The number of amides is 1. The van der Waals surface area contributed by atoms with Crippen LogP contribution in [-0.4, -0.2) is 31.7 Å². The van der Waals surface area contributed by atoms with Crippen LogP contribution in [0.3, 0.4) is 0 Å². The minimum atomic E-state index is -0.509. The van der Waals surface area contributed by atoms with E-state index in [1.165, 1.54) is 13.3 Å². The number of anilines is 1. The number of esters is 1. The molecule has 0 bridgehead atoms. The van der Waals surface area contributed by atoms with Gasteiger partial charge in [0.1, 0.15) is 0 Å². The van der Waals surface area contributed by atoms with E-state index in [1.807, 2.05) is 37.3 Å². The lowest BCUT2D eigenvalue weighted by Crippen LogP contribution is -2.25. The summed E-state index contributed by atoms with van der Waals surface area (Å²) in [5.74, 6) is -0.156. The van der Waals surface area contributed by atoms with E-state index in [0.29, 0.717) is 21.3 Å². The minimum Gasteiger partial charge on any atom is -0.493 e. The van der Waals surface area contributed by atoms with E-state index in [-0.39, 0.29) is 18.2 Å². The van der Waals surface area contributed by atoms with Crippen molar-refractivity contribution in [3.63, 3.8) is 0 Å². The van der Waals surface area contributed by atoms with Crippen molar-refractivity contribution in [1.82, 2.24) is 5.43 Å².